The van der Waals surface area contributed by atoms with E-state index >= 15 is 0 Å². The summed E-state index contributed by atoms with van der Waals surface area (Å²) in [6, 6.07) is 9.86. The van der Waals surface area contributed by atoms with Gasteiger partial charge in [-0.1, -0.05) is 41.4 Å². The first-order valence-corrected chi connectivity index (χ1v) is 9.13. The second-order valence-electron chi connectivity index (χ2n) is 6.53. The molecule has 8 heteroatoms. The average Bonchev–Trinajstić information content (AvgIpc) is 2.86. The summed E-state index contributed by atoms with van der Waals surface area (Å²) in [7, 11) is 0. The zero-order chi connectivity index (χ0) is 19.2. The molecule has 0 bridgehead atoms. The lowest BCUT2D eigenvalue weighted by molar-refractivity contribution is -0.131. The summed E-state index contributed by atoms with van der Waals surface area (Å²) >= 11 is 12.5. The maximum absolute atomic E-state index is 13.1. The molecule has 3 amide bonds. The Bertz CT molecular complexity index is 949. The van der Waals surface area contributed by atoms with E-state index in [1.807, 2.05) is 0 Å². The van der Waals surface area contributed by atoms with Crippen molar-refractivity contribution in [2.45, 2.75) is 19.0 Å². The molecule has 1 saturated heterocycles. The summed E-state index contributed by atoms with van der Waals surface area (Å²) in [6.45, 7) is 2.54. The van der Waals surface area contributed by atoms with Crippen molar-refractivity contribution < 1.29 is 19.1 Å². The Hall–Kier alpha value is -2.44. The summed E-state index contributed by atoms with van der Waals surface area (Å²) in [4.78, 5) is 26.7. The molecule has 2 heterocycles. The molecule has 0 spiro atoms. The molecular weight excluding hydrogens is 391 g/mol. The maximum Gasteiger partial charge on any atom is 0.325 e. The molecule has 1 N–H and O–H groups in total. The highest BCUT2D eigenvalue weighted by molar-refractivity contribution is 6.32. The molecule has 6 nitrogen and oxygen atoms in total. The molecule has 27 heavy (non-hydrogen) atoms. The Morgan fingerprint density at radius 2 is 1.85 bits per heavy atom. The number of rotatable bonds is 3. The van der Waals surface area contributed by atoms with Crippen molar-refractivity contribution >= 4 is 35.1 Å². The lowest BCUT2D eigenvalue weighted by atomic mass is 9.92. The van der Waals surface area contributed by atoms with Gasteiger partial charge in [-0.25, -0.2) is 4.79 Å². The smallest absolute Gasteiger partial charge is 0.325 e. The second kappa shape index (κ2) is 6.62. The number of nitrogens with one attached hydrogen (secondary N) is 1. The Morgan fingerprint density at radius 3 is 2.63 bits per heavy atom. The zero-order valence-corrected chi connectivity index (χ0v) is 15.9. The molecule has 2 aliphatic heterocycles. The summed E-state index contributed by atoms with van der Waals surface area (Å²) in [5.41, 5.74) is -0.0172. The zero-order valence-electron chi connectivity index (χ0n) is 14.4. The molecule has 0 aromatic heterocycles. The second-order valence-corrected chi connectivity index (χ2v) is 7.34. The maximum atomic E-state index is 13.1. The Labute approximate surface area is 165 Å². The predicted octanol–water partition coefficient (Wildman–Crippen LogP) is 3.73. The number of halogens is 2. The number of hydrogen-bond donors (Lipinski definition) is 1. The van der Waals surface area contributed by atoms with Gasteiger partial charge in [0.15, 0.2) is 11.5 Å². The van der Waals surface area contributed by atoms with Gasteiger partial charge in [-0.3, -0.25) is 9.69 Å². The van der Waals surface area contributed by atoms with E-state index in [1.54, 1.807) is 43.3 Å². The van der Waals surface area contributed by atoms with Gasteiger partial charge in [-0.15, -0.1) is 0 Å². The fourth-order valence-electron chi connectivity index (χ4n) is 3.33. The van der Waals surface area contributed by atoms with Crippen LogP contribution in [-0.4, -0.2) is 30.1 Å². The van der Waals surface area contributed by atoms with Crippen molar-refractivity contribution in [3.05, 3.63) is 57.6 Å². The van der Waals surface area contributed by atoms with Crippen LogP contribution in [0.1, 0.15) is 18.1 Å². The van der Waals surface area contributed by atoms with E-state index in [0.717, 1.165) is 4.90 Å². The minimum atomic E-state index is -1.23. The third kappa shape index (κ3) is 2.99. The lowest BCUT2D eigenvalue weighted by Crippen LogP contribution is -2.41. The molecule has 140 valence electrons. The van der Waals surface area contributed by atoms with Crippen LogP contribution < -0.4 is 14.8 Å². The van der Waals surface area contributed by atoms with Gasteiger partial charge in [0, 0.05) is 10.6 Å². The van der Waals surface area contributed by atoms with Gasteiger partial charge in [-0.05, 0) is 30.7 Å². The summed E-state index contributed by atoms with van der Waals surface area (Å²) in [5, 5.41) is 3.54. The number of amides is 3. The van der Waals surface area contributed by atoms with Crippen LogP contribution in [0.25, 0.3) is 0 Å². The number of benzene rings is 2. The van der Waals surface area contributed by atoms with Gasteiger partial charge in [0.1, 0.15) is 18.8 Å². The molecular formula is C19H16Cl2N2O4. The number of imide groups is 1. The first kappa shape index (κ1) is 17.9. The SMILES string of the molecule is C[C@]1(c2ccccc2Cl)NC(=O)N(Cc2cc(Cl)c3c(c2)OCCO3)C1=O. The van der Waals surface area contributed by atoms with Crippen molar-refractivity contribution in [2.24, 2.45) is 0 Å². The van der Waals surface area contributed by atoms with Gasteiger partial charge < -0.3 is 14.8 Å². The largest absolute Gasteiger partial charge is 0.486 e. The van der Waals surface area contributed by atoms with E-state index in [9.17, 15) is 9.59 Å². The van der Waals surface area contributed by atoms with E-state index in [4.69, 9.17) is 32.7 Å². The summed E-state index contributed by atoms with van der Waals surface area (Å²) in [5.74, 6) is 0.598. The Morgan fingerprint density at radius 1 is 1.11 bits per heavy atom. The van der Waals surface area contributed by atoms with Crippen molar-refractivity contribution in [3.63, 3.8) is 0 Å². The molecule has 2 aliphatic rings. The molecule has 0 saturated carbocycles. The van der Waals surface area contributed by atoms with E-state index < -0.39 is 11.6 Å². The number of carbonyl (C=O) groups is 2. The van der Waals surface area contributed by atoms with Crippen LogP contribution in [0.3, 0.4) is 0 Å². The average molecular weight is 407 g/mol. The number of ether oxygens (including phenoxy) is 2. The van der Waals surface area contributed by atoms with Gasteiger partial charge in [-0.2, -0.15) is 0 Å². The molecule has 4 rings (SSSR count). The van der Waals surface area contributed by atoms with Crippen molar-refractivity contribution in [1.29, 1.82) is 0 Å². The standard InChI is InChI=1S/C19H16Cl2N2O4/c1-19(12-4-2-3-5-13(12)20)17(24)23(18(25)22-19)10-11-8-14(21)16-15(9-11)26-6-7-27-16/h2-5,8-9H,6-7,10H2,1H3,(H,22,25)/t19-/m1/s1. The van der Waals surface area contributed by atoms with Crippen LogP contribution >= 0.6 is 23.2 Å². The molecule has 1 fully saturated rings. The molecule has 2 aromatic carbocycles. The molecule has 1 atom stereocenters. The van der Waals surface area contributed by atoms with Crippen LogP contribution in [0.5, 0.6) is 11.5 Å². The molecule has 0 aliphatic carbocycles. The highest BCUT2D eigenvalue weighted by Gasteiger charge is 2.49. The minimum Gasteiger partial charge on any atom is -0.486 e. The third-order valence-corrected chi connectivity index (χ3v) is 5.30. The minimum absolute atomic E-state index is 0.0566. The number of carbonyl (C=O) groups excluding carboxylic acids is 2. The molecule has 2 aromatic rings. The van der Waals surface area contributed by atoms with E-state index in [0.29, 0.717) is 45.9 Å². The number of fused-ring (bicyclic) bond motifs is 1. The third-order valence-electron chi connectivity index (χ3n) is 4.68. The van der Waals surface area contributed by atoms with Gasteiger partial charge in [0.2, 0.25) is 0 Å². The topological polar surface area (TPSA) is 67.9 Å². The van der Waals surface area contributed by atoms with Crippen LogP contribution in [0, 0.1) is 0 Å². The molecule has 0 unspecified atom stereocenters. The Balaban J connectivity index is 1.64. The van der Waals surface area contributed by atoms with Crippen LogP contribution in [0.4, 0.5) is 4.79 Å². The van der Waals surface area contributed by atoms with E-state index in [1.165, 1.54) is 0 Å². The predicted molar refractivity (Wildman–Crippen MR) is 100 cm³/mol. The normalized spacial score (nSPS) is 21.4. The van der Waals surface area contributed by atoms with Gasteiger partial charge in [0.25, 0.3) is 5.91 Å². The fraction of sp³-hybridized carbons (Fsp3) is 0.263. The number of urea groups is 1. The van der Waals surface area contributed by atoms with Crippen LogP contribution in [0.2, 0.25) is 10.0 Å². The fourth-order valence-corrected chi connectivity index (χ4v) is 3.94. The quantitative estimate of drug-likeness (QED) is 0.788. The van der Waals surface area contributed by atoms with Crippen LogP contribution in [0.15, 0.2) is 36.4 Å². The lowest BCUT2D eigenvalue weighted by Gasteiger charge is -2.24. The van der Waals surface area contributed by atoms with Crippen LogP contribution in [-0.2, 0) is 16.9 Å². The van der Waals surface area contributed by atoms with Crippen molar-refractivity contribution in [1.82, 2.24) is 10.2 Å². The highest BCUT2D eigenvalue weighted by Crippen LogP contribution is 2.39. The highest BCUT2D eigenvalue weighted by atomic mass is 35.5. The Kier molecular flexibility index (Phi) is 4.40. The van der Waals surface area contributed by atoms with Gasteiger partial charge in [0.05, 0.1) is 11.6 Å². The number of hydrogen-bond acceptors (Lipinski definition) is 4. The monoisotopic (exact) mass is 406 g/mol. The summed E-state index contributed by atoms with van der Waals surface area (Å²) < 4.78 is 11.1. The van der Waals surface area contributed by atoms with Crippen molar-refractivity contribution in [3.8, 4) is 11.5 Å². The van der Waals surface area contributed by atoms with Crippen molar-refractivity contribution in [2.75, 3.05) is 13.2 Å². The summed E-state index contributed by atoms with van der Waals surface area (Å²) in [6.07, 6.45) is 0. The van der Waals surface area contributed by atoms with Gasteiger partial charge >= 0.3 is 6.03 Å². The van der Waals surface area contributed by atoms with E-state index in [2.05, 4.69) is 5.32 Å². The number of nitrogens with zero attached hydrogens (tertiary/aromatic N) is 1. The molecule has 0 radical (unpaired) electrons. The first-order valence-electron chi connectivity index (χ1n) is 8.37. The van der Waals surface area contributed by atoms with E-state index in [-0.39, 0.29) is 12.5 Å². The first-order chi connectivity index (χ1) is 12.9.